The van der Waals surface area contributed by atoms with Crippen LogP contribution >= 0.6 is 0 Å². The molecule has 2 aliphatic rings. The molecule has 152 valence electrons. The Kier molecular flexibility index (Phi) is 5.84. The van der Waals surface area contributed by atoms with Crippen molar-refractivity contribution < 1.29 is 23.6 Å². The second-order valence-electron chi connectivity index (χ2n) is 8.50. The van der Waals surface area contributed by atoms with Gasteiger partial charge in [0.25, 0.3) is 0 Å². The fourth-order valence-corrected chi connectivity index (χ4v) is 3.30. The Balaban J connectivity index is 1.63. The number of primary amides is 1. The molecule has 2 atom stereocenters. The van der Waals surface area contributed by atoms with Gasteiger partial charge < -0.3 is 25.1 Å². The van der Waals surface area contributed by atoms with Gasteiger partial charge in [0.1, 0.15) is 12.1 Å². The second-order valence-corrected chi connectivity index (χ2v) is 8.50. The maximum atomic E-state index is 12.2. The minimum Gasteiger partial charge on any atom is -0.399 e. The predicted molar refractivity (Wildman–Crippen MR) is 106 cm³/mol. The molecule has 0 bridgehead atoms. The highest BCUT2D eigenvalue weighted by atomic mass is 16.7. The van der Waals surface area contributed by atoms with Gasteiger partial charge in [-0.3, -0.25) is 9.59 Å². The molecule has 2 fully saturated rings. The first kappa shape index (κ1) is 20.8. The lowest BCUT2D eigenvalue weighted by Crippen LogP contribution is -2.49. The van der Waals surface area contributed by atoms with Crippen molar-refractivity contribution in [2.24, 2.45) is 5.73 Å². The van der Waals surface area contributed by atoms with E-state index in [4.69, 9.17) is 19.8 Å². The Bertz CT molecular complexity index is 713. The molecule has 0 unspecified atom stereocenters. The third kappa shape index (κ3) is 4.40. The SMILES string of the molecule is CC1(C)OB(c2ccc(C[C@H](NC(=O)[C@@H]3CCCO3)C(N)=O)cc2)OC1(C)C. The van der Waals surface area contributed by atoms with Gasteiger partial charge >= 0.3 is 7.12 Å². The number of ether oxygens (including phenoxy) is 1. The largest absolute Gasteiger partial charge is 0.494 e. The van der Waals surface area contributed by atoms with E-state index in [-0.39, 0.29) is 5.91 Å². The van der Waals surface area contributed by atoms with E-state index in [0.29, 0.717) is 19.4 Å². The van der Waals surface area contributed by atoms with Crippen LogP contribution in [0.4, 0.5) is 0 Å². The Hall–Kier alpha value is -1.90. The molecule has 8 heteroatoms. The molecule has 0 spiro atoms. The van der Waals surface area contributed by atoms with Crippen LogP contribution in [0, 0.1) is 0 Å². The highest BCUT2D eigenvalue weighted by Gasteiger charge is 2.51. The zero-order valence-electron chi connectivity index (χ0n) is 17.0. The Morgan fingerprint density at radius 3 is 2.29 bits per heavy atom. The fraction of sp³-hybridized carbons (Fsp3) is 0.600. The topological polar surface area (TPSA) is 99.9 Å². The summed E-state index contributed by atoms with van der Waals surface area (Å²) in [5.74, 6) is -0.850. The molecule has 3 N–H and O–H groups in total. The number of benzene rings is 1. The molecule has 0 aromatic heterocycles. The summed E-state index contributed by atoms with van der Waals surface area (Å²) >= 11 is 0. The van der Waals surface area contributed by atoms with Crippen LogP contribution in [0.1, 0.15) is 46.1 Å². The Labute approximate surface area is 166 Å². The van der Waals surface area contributed by atoms with Gasteiger partial charge in [0.15, 0.2) is 0 Å². The van der Waals surface area contributed by atoms with Gasteiger partial charge in [-0.25, -0.2) is 0 Å². The van der Waals surface area contributed by atoms with Crippen LogP contribution in [0.3, 0.4) is 0 Å². The highest BCUT2D eigenvalue weighted by Crippen LogP contribution is 2.36. The molecule has 2 aliphatic heterocycles. The molecule has 3 rings (SSSR count). The fourth-order valence-electron chi connectivity index (χ4n) is 3.30. The summed E-state index contributed by atoms with van der Waals surface area (Å²) < 4.78 is 17.5. The zero-order valence-corrected chi connectivity index (χ0v) is 17.0. The number of nitrogens with two attached hydrogens (primary N) is 1. The van der Waals surface area contributed by atoms with E-state index in [1.54, 1.807) is 0 Å². The summed E-state index contributed by atoms with van der Waals surface area (Å²) in [5, 5.41) is 2.71. The third-order valence-electron chi connectivity index (χ3n) is 5.83. The molecule has 7 nitrogen and oxygen atoms in total. The van der Waals surface area contributed by atoms with Gasteiger partial charge in [-0.15, -0.1) is 0 Å². The van der Waals surface area contributed by atoms with Crippen molar-refractivity contribution >= 4 is 24.4 Å². The standard InChI is InChI=1S/C20H29BN2O5/c1-19(2)20(3,4)28-21(27-19)14-9-7-13(8-10-14)12-15(17(22)24)23-18(25)16-6-5-11-26-16/h7-10,15-16H,5-6,11-12H2,1-4H3,(H2,22,24)(H,23,25)/t15-,16-/m0/s1. The molecular formula is C20H29BN2O5. The van der Waals surface area contributed by atoms with Crippen molar-refractivity contribution in [3.63, 3.8) is 0 Å². The van der Waals surface area contributed by atoms with E-state index < -0.39 is 36.4 Å². The van der Waals surface area contributed by atoms with E-state index in [1.807, 2.05) is 52.0 Å². The van der Waals surface area contributed by atoms with Gasteiger partial charge in [-0.05, 0) is 51.6 Å². The van der Waals surface area contributed by atoms with Crippen LogP contribution in [0.5, 0.6) is 0 Å². The molecular weight excluding hydrogens is 359 g/mol. The van der Waals surface area contributed by atoms with Crippen molar-refractivity contribution in [2.75, 3.05) is 6.61 Å². The summed E-state index contributed by atoms with van der Waals surface area (Å²) in [6.45, 7) is 8.61. The van der Waals surface area contributed by atoms with Crippen LogP contribution in [0.15, 0.2) is 24.3 Å². The molecule has 0 aliphatic carbocycles. The van der Waals surface area contributed by atoms with Gasteiger partial charge in [0.05, 0.1) is 11.2 Å². The van der Waals surface area contributed by atoms with Gasteiger partial charge in [0.2, 0.25) is 11.8 Å². The number of hydrogen-bond acceptors (Lipinski definition) is 5. The van der Waals surface area contributed by atoms with Crippen molar-refractivity contribution in [1.29, 1.82) is 0 Å². The normalized spacial score (nSPS) is 24.1. The van der Waals surface area contributed by atoms with Gasteiger partial charge in [-0.2, -0.15) is 0 Å². The quantitative estimate of drug-likeness (QED) is 0.699. The van der Waals surface area contributed by atoms with Gasteiger partial charge in [-0.1, -0.05) is 24.3 Å². The average Bonchev–Trinajstić information content (AvgIpc) is 3.21. The molecule has 2 heterocycles. The smallest absolute Gasteiger partial charge is 0.399 e. The number of amides is 2. The van der Waals surface area contributed by atoms with Crippen molar-refractivity contribution in [3.05, 3.63) is 29.8 Å². The average molecular weight is 388 g/mol. The van der Waals surface area contributed by atoms with E-state index in [0.717, 1.165) is 17.4 Å². The second kappa shape index (κ2) is 7.85. The summed E-state index contributed by atoms with van der Waals surface area (Å²) in [4.78, 5) is 24.0. The summed E-state index contributed by atoms with van der Waals surface area (Å²) in [7, 11) is -0.440. The zero-order chi connectivity index (χ0) is 20.5. The van der Waals surface area contributed by atoms with Crippen molar-refractivity contribution in [3.8, 4) is 0 Å². The summed E-state index contributed by atoms with van der Waals surface area (Å²) in [6.07, 6.45) is 1.34. The number of nitrogens with one attached hydrogen (secondary N) is 1. The molecule has 1 aromatic rings. The van der Waals surface area contributed by atoms with Crippen LogP contribution in [-0.4, -0.2) is 48.9 Å². The molecule has 2 amide bonds. The van der Waals surface area contributed by atoms with Crippen LogP contribution in [0.2, 0.25) is 0 Å². The minimum absolute atomic E-state index is 0.282. The lowest BCUT2D eigenvalue weighted by atomic mass is 9.78. The predicted octanol–water partition coefficient (Wildman–Crippen LogP) is 0.677. The third-order valence-corrected chi connectivity index (χ3v) is 5.83. The number of carbonyl (C=O) groups is 2. The van der Waals surface area contributed by atoms with E-state index in [2.05, 4.69) is 5.32 Å². The van der Waals surface area contributed by atoms with E-state index in [1.165, 1.54) is 0 Å². The molecule has 2 saturated heterocycles. The first-order chi connectivity index (χ1) is 13.1. The lowest BCUT2D eigenvalue weighted by molar-refractivity contribution is -0.133. The molecule has 0 saturated carbocycles. The Morgan fingerprint density at radius 2 is 1.79 bits per heavy atom. The monoisotopic (exact) mass is 388 g/mol. The first-order valence-corrected chi connectivity index (χ1v) is 9.75. The minimum atomic E-state index is -0.778. The lowest BCUT2D eigenvalue weighted by Gasteiger charge is -2.32. The van der Waals surface area contributed by atoms with Crippen molar-refractivity contribution in [1.82, 2.24) is 5.32 Å². The number of hydrogen-bond donors (Lipinski definition) is 2. The van der Waals surface area contributed by atoms with E-state index >= 15 is 0 Å². The maximum absolute atomic E-state index is 12.2. The van der Waals surface area contributed by atoms with Gasteiger partial charge in [0, 0.05) is 13.0 Å². The van der Waals surface area contributed by atoms with Crippen LogP contribution in [0.25, 0.3) is 0 Å². The first-order valence-electron chi connectivity index (χ1n) is 9.75. The van der Waals surface area contributed by atoms with Crippen LogP contribution in [-0.2, 0) is 30.1 Å². The summed E-state index contributed by atoms with van der Waals surface area (Å²) in [6, 6.07) is 6.84. The molecule has 0 radical (unpaired) electrons. The molecule has 1 aromatic carbocycles. The Morgan fingerprint density at radius 1 is 1.18 bits per heavy atom. The maximum Gasteiger partial charge on any atom is 0.494 e. The number of rotatable bonds is 6. The highest BCUT2D eigenvalue weighted by molar-refractivity contribution is 6.62. The molecule has 28 heavy (non-hydrogen) atoms. The summed E-state index contributed by atoms with van der Waals surface area (Å²) in [5.41, 5.74) is 6.47. The number of carbonyl (C=O) groups excluding carboxylic acids is 2. The van der Waals surface area contributed by atoms with Crippen LogP contribution < -0.4 is 16.5 Å². The van der Waals surface area contributed by atoms with Crippen molar-refractivity contribution in [2.45, 2.75) is 70.3 Å². The van der Waals surface area contributed by atoms with E-state index in [9.17, 15) is 9.59 Å².